The molecular weight excluding hydrogens is 290 g/mol. The van der Waals surface area contributed by atoms with Crippen molar-refractivity contribution < 1.29 is 4.79 Å². The van der Waals surface area contributed by atoms with Crippen LogP contribution in [-0.4, -0.2) is 22.0 Å². The van der Waals surface area contributed by atoms with Crippen molar-refractivity contribution >= 4 is 45.7 Å². The number of carbonyl (C=O) groups excluding carboxylic acids is 1. The van der Waals surface area contributed by atoms with Crippen molar-refractivity contribution in [2.24, 2.45) is 0 Å². The van der Waals surface area contributed by atoms with Crippen LogP contribution in [0.5, 0.6) is 0 Å². The number of anilines is 1. The molecule has 1 heterocycles. The summed E-state index contributed by atoms with van der Waals surface area (Å²) in [6, 6.07) is 10.1. The Kier molecular flexibility index (Phi) is 4.98. The highest BCUT2D eigenvalue weighted by Gasteiger charge is 2.07. The molecule has 1 aromatic heterocycles. The fourth-order valence-electron chi connectivity index (χ4n) is 1.18. The zero-order valence-corrected chi connectivity index (χ0v) is 11.7. The van der Waals surface area contributed by atoms with E-state index in [9.17, 15) is 4.79 Å². The van der Waals surface area contributed by atoms with Crippen LogP contribution in [0.15, 0.2) is 35.2 Å². The number of thioether (sulfide) groups is 1. The van der Waals surface area contributed by atoms with Crippen LogP contribution in [0, 0.1) is 0 Å². The van der Waals surface area contributed by atoms with Gasteiger partial charge < -0.3 is 0 Å². The zero-order chi connectivity index (χ0) is 12.8. The third-order valence-corrected chi connectivity index (χ3v) is 4.23. The largest absolute Gasteiger partial charge is 0.299 e. The number of benzene rings is 1. The van der Waals surface area contributed by atoms with Gasteiger partial charge in [0.1, 0.15) is 10.9 Å². The molecule has 0 aliphatic heterocycles. The average Bonchev–Trinajstić information content (AvgIpc) is 2.85. The maximum Gasteiger partial charge on any atom is 0.241 e. The summed E-state index contributed by atoms with van der Waals surface area (Å²) >= 11 is 8.43. The second-order valence-electron chi connectivity index (χ2n) is 3.28. The van der Waals surface area contributed by atoms with Gasteiger partial charge >= 0.3 is 0 Å². The lowest BCUT2D eigenvalue weighted by atomic mass is 10.4. The zero-order valence-electron chi connectivity index (χ0n) is 9.30. The third kappa shape index (κ3) is 3.97. The minimum atomic E-state index is -0.268. The number of hydrogen-bond acceptors (Lipinski definition) is 5. The van der Waals surface area contributed by atoms with E-state index in [1.54, 1.807) is 11.8 Å². The predicted octanol–water partition coefficient (Wildman–Crippen LogP) is 3.01. The SMILES string of the molecule is O=C(CCl)Nc1nnc(CSc2ccccc2)s1. The fraction of sp³-hybridized carbons (Fsp3) is 0.182. The molecule has 94 valence electrons. The Morgan fingerprint density at radius 3 is 2.83 bits per heavy atom. The summed E-state index contributed by atoms with van der Waals surface area (Å²) in [5, 5.41) is 11.8. The van der Waals surface area contributed by atoms with Crippen LogP contribution in [0.2, 0.25) is 0 Å². The molecule has 0 bridgehead atoms. The molecule has 0 aliphatic rings. The second kappa shape index (κ2) is 6.72. The van der Waals surface area contributed by atoms with Gasteiger partial charge in [-0.15, -0.1) is 33.6 Å². The number of nitrogens with zero attached hydrogens (tertiary/aromatic N) is 2. The highest BCUT2D eigenvalue weighted by Crippen LogP contribution is 2.25. The van der Waals surface area contributed by atoms with Crippen LogP contribution in [0.3, 0.4) is 0 Å². The molecule has 0 fully saturated rings. The lowest BCUT2D eigenvalue weighted by Gasteiger charge is -1.97. The van der Waals surface area contributed by atoms with Crippen molar-refractivity contribution in [2.45, 2.75) is 10.6 Å². The van der Waals surface area contributed by atoms with Crippen LogP contribution in [0.25, 0.3) is 0 Å². The Balaban J connectivity index is 1.89. The first kappa shape index (κ1) is 13.3. The van der Waals surface area contributed by atoms with E-state index in [4.69, 9.17) is 11.6 Å². The van der Waals surface area contributed by atoms with Crippen molar-refractivity contribution in [3.63, 3.8) is 0 Å². The van der Waals surface area contributed by atoms with Gasteiger partial charge in [0.25, 0.3) is 0 Å². The first-order chi connectivity index (χ1) is 8.78. The lowest BCUT2D eigenvalue weighted by molar-refractivity contribution is -0.113. The van der Waals surface area contributed by atoms with E-state index in [0.29, 0.717) is 5.13 Å². The van der Waals surface area contributed by atoms with E-state index in [1.807, 2.05) is 30.3 Å². The van der Waals surface area contributed by atoms with E-state index in [2.05, 4.69) is 15.5 Å². The molecule has 0 aliphatic carbocycles. The number of alkyl halides is 1. The maximum absolute atomic E-state index is 11.1. The summed E-state index contributed by atoms with van der Waals surface area (Å²) in [4.78, 5) is 12.2. The Morgan fingerprint density at radius 2 is 2.11 bits per heavy atom. The normalized spacial score (nSPS) is 10.3. The van der Waals surface area contributed by atoms with Gasteiger partial charge in [0.05, 0.1) is 5.75 Å². The van der Waals surface area contributed by atoms with Crippen molar-refractivity contribution in [2.75, 3.05) is 11.2 Å². The topological polar surface area (TPSA) is 54.9 Å². The van der Waals surface area contributed by atoms with Gasteiger partial charge in [-0.05, 0) is 12.1 Å². The summed E-state index contributed by atoms with van der Waals surface area (Å²) in [6.45, 7) is 0. The quantitative estimate of drug-likeness (QED) is 0.681. The summed E-state index contributed by atoms with van der Waals surface area (Å²) in [7, 11) is 0. The summed E-state index contributed by atoms with van der Waals surface area (Å²) in [6.07, 6.45) is 0. The van der Waals surface area contributed by atoms with Gasteiger partial charge in [-0.2, -0.15) is 0 Å². The van der Waals surface area contributed by atoms with Gasteiger partial charge in [-0.3, -0.25) is 10.1 Å². The van der Waals surface area contributed by atoms with Crippen LogP contribution in [0.4, 0.5) is 5.13 Å². The standard InChI is InChI=1S/C11H10ClN3OS2/c12-6-9(16)13-11-15-14-10(18-11)7-17-8-4-2-1-3-5-8/h1-5H,6-7H2,(H,13,15,16). The molecule has 4 nitrogen and oxygen atoms in total. The molecule has 2 rings (SSSR count). The van der Waals surface area contributed by atoms with Crippen molar-refractivity contribution in [1.82, 2.24) is 10.2 Å². The average molecular weight is 300 g/mol. The van der Waals surface area contributed by atoms with Gasteiger partial charge in [0.15, 0.2) is 0 Å². The molecule has 0 radical (unpaired) electrons. The highest BCUT2D eigenvalue weighted by molar-refractivity contribution is 7.98. The molecular formula is C11H10ClN3OS2. The minimum Gasteiger partial charge on any atom is -0.299 e. The smallest absolute Gasteiger partial charge is 0.241 e. The van der Waals surface area contributed by atoms with E-state index in [0.717, 1.165) is 10.8 Å². The summed E-state index contributed by atoms with van der Waals surface area (Å²) < 4.78 is 0. The molecule has 0 saturated carbocycles. The Labute approximate surface area is 118 Å². The number of halogens is 1. The van der Waals surface area contributed by atoms with E-state index in [-0.39, 0.29) is 11.8 Å². The molecule has 0 spiro atoms. The molecule has 0 atom stereocenters. The monoisotopic (exact) mass is 299 g/mol. The third-order valence-electron chi connectivity index (χ3n) is 1.94. The molecule has 1 N–H and O–H groups in total. The van der Waals surface area contributed by atoms with Crippen molar-refractivity contribution in [1.29, 1.82) is 0 Å². The summed E-state index contributed by atoms with van der Waals surface area (Å²) in [5.74, 6) is 0.390. The first-order valence-corrected chi connectivity index (χ1v) is 7.47. The number of nitrogens with one attached hydrogen (secondary N) is 1. The van der Waals surface area contributed by atoms with E-state index < -0.39 is 0 Å². The number of rotatable bonds is 5. The predicted molar refractivity (Wildman–Crippen MR) is 75.3 cm³/mol. The Hall–Kier alpha value is -1.11. The van der Waals surface area contributed by atoms with Crippen molar-refractivity contribution in [3.8, 4) is 0 Å². The lowest BCUT2D eigenvalue weighted by Crippen LogP contribution is -2.12. The van der Waals surface area contributed by atoms with Gasteiger partial charge in [-0.1, -0.05) is 29.5 Å². The second-order valence-corrected chi connectivity index (χ2v) is 5.66. The minimum absolute atomic E-state index is 0.0757. The first-order valence-electron chi connectivity index (χ1n) is 5.14. The Morgan fingerprint density at radius 1 is 1.33 bits per heavy atom. The van der Waals surface area contributed by atoms with Crippen LogP contribution < -0.4 is 5.32 Å². The van der Waals surface area contributed by atoms with E-state index in [1.165, 1.54) is 16.2 Å². The maximum atomic E-state index is 11.1. The van der Waals surface area contributed by atoms with Crippen LogP contribution in [0.1, 0.15) is 5.01 Å². The summed E-state index contributed by atoms with van der Waals surface area (Å²) in [5.41, 5.74) is 0. The molecule has 2 aromatic rings. The number of aromatic nitrogens is 2. The van der Waals surface area contributed by atoms with E-state index >= 15 is 0 Å². The number of amides is 1. The Bertz CT molecular complexity index is 518. The van der Waals surface area contributed by atoms with Gasteiger partial charge in [-0.25, -0.2) is 0 Å². The fourth-order valence-corrected chi connectivity index (χ4v) is 2.91. The van der Waals surface area contributed by atoms with Gasteiger partial charge in [0, 0.05) is 4.90 Å². The number of hydrogen-bond donors (Lipinski definition) is 1. The van der Waals surface area contributed by atoms with Crippen LogP contribution >= 0.6 is 34.7 Å². The molecule has 1 amide bonds. The number of carbonyl (C=O) groups is 1. The van der Waals surface area contributed by atoms with Crippen molar-refractivity contribution in [3.05, 3.63) is 35.3 Å². The van der Waals surface area contributed by atoms with Crippen LogP contribution in [-0.2, 0) is 10.5 Å². The molecule has 0 unspecified atom stereocenters. The molecule has 0 saturated heterocycles. The van der Waals surface area contributed by atoms with Gasteiger partial charge in [0.2, 0.25) is 11.0 Å². The molecule has 18 heavy (non-hydrogen) atoms. The molecule has 1 aromatic carbocycles. The highest BCUT2D eigenvalue weighted by atomic mass is 35.5. The molecule has 7 heteroatoms.